The van der Waals surface area contributed by atoms with Gasteiger partial charge in [0.15, 0.2) is 0 Å². The van der Waals surface area contributed by atoms with Gasteiger partial charge in [0.25, 0.3) is 5.91 Å². The molecule has 2 saturated heterocycles. The summed E-state index contributed by atoms with van der Waals surface area (Å²) < 4.78 is 5.27. The van der Waals surface area contributed by atoms with Gasteiger partial charge >= 0.3 is 0 Å². The number of fused-ring (bicyclic) bond motifs is 2. The quantitative estimate of drug-likeness (QED) is 0.926. The number of rotatable bonds is 4. The van der Waals surface area contributed by atoms with Crippen LogP contribution >= 0.6 is 0 Å². The highest BCUT2D eigenvalue weighted by molar-refractivity contribution is 5.91. The topological polar surface area (TPSA) is 58.4 Å². The number of nitrogens with one attached hydrogen (secondary N) is 1. The first-order chi connectivity index (χ1) is 10.1. The van der Waals surface area contributed by atoms with Gasteiger partial charge in [-0.25, -0.2) is 0 Å². The molecular formula is C16H25N3O2. The van der Waals surface area contributed by atoms with Crippen molar-refractivity contribution in [2.45, 2.75) is 70.0 Å². The highest BCUT2D eigenvalue weighted by Gasteiger charge is 2.37. The highest BCUT2D eigenvalue weighted by Crippen LogP contribution is 2.30. The average molecular weight is 291 g/mol. The van der Waals surface area contributed by atoms with E-state index in [4.69, 9.17) is 4.52 Å². The SMILES string of the molecule is CCC(C)c1cc(C(=O)N(C)C2CC3CCC(C2)N3)on1. The van der Waals surface area contributed by atoms with Gasteiger partial charge in [0.1, 0.15) is 0 Å². The number of amides is 1. The number of aromatic nitrogens is 1. The van der Waals surface area contributed by atoms with Crippen molar-refractivity contribution < 1.29 is 9.32 Å². The van der Waals surface area contributed by atoms with Gasteiger partial charge < -0.3 is 14.7 Å². The van der Waals surface area contributed by atoms with Crippen LogP contribution in [0.15, 0.2) is 10.6 Å². The molecule has 3 rings (SSSR count). The van der Waals surface area contributed by atoms with Crippen molar-refractivity contribution >= 4 is 5.91 Å². The zero-order chi connectivity index (χ0) is 15.0. The predicted octanol–water partition coefficient (Wildman–Crippen LogP) is 2.54. The van der Waals surface area contributed by atoms with Gasteiger partial charge in [-0.2, -0.15) is 0 Å². The zero-order valence-electron chi connectivity index (χ0n) is 13.1. The number of hydrogen-bond acceptors (Lipinski definition) is 4. The smallest absolute Gasteiger partial charge is 0.292 e. The third-order valence-corrected chi connectivity index (χ3v) is 5.17. The molecule has 116 valence electrons. The van der Waals surface area contributed by atoms with Crippen LogP contribution in [0.5, 0.6) is 0 Å². The molecule has 3 atom stereocenters. The lowest BCUT2D eigenvalue weighted by molar-refractivity contribution is 0.0640. The molecule has 2 aliphatic rings. The van der Waals surface area contributed by atoms with Crippen LogP contribution in [0.3, 0.4) is 0 Å². The van der Waals surface area contributed by atoms with Crippen molar-refractivity contribution in [2.75, 3.05) is 7.05 Å². The Morgan fingerprint density at radius 3 is 2.76 bits per heavy atom. The summed E-state index contributed by atoms with van der Waals surface area (Å²) >= 11 is 0. The summed E-state index contributed by atoms with van der Waals surface area (Å²) in [6.07, 6.45) is 5.57. The molecule has 2 bridgehead atoms. The molecule has 5 nitrogen and oxygen atoms in total. The highest BCUT2D eigenvalue weighted by atomic mass is 16.5. The molecular weight excluding hydrogens is 266 g/mol. The molecule has 0 saturated carbocycles. The Bertz CT molecular complexity index is 501. The minimum atomic E-state index is -0.0386. The Morgan fingerprint density at radius 2 is 2.14 bits per heavy atom. The third kappa shape index (κ3) is 2.84. The molecule has 1 N–H and O–H groups in total. The lowest BCUT2D eigenvalue weighted by Gasteiger charge is -2.35. The minimum absolute atomic E-state index is 0.0386. The summed E-state index contributed by atoms with van der Waals surface area (Å²) in [4.78, 5) is 14.4. The van der Waals surface area contributed by atoms with Gasteiger partial charge in [0, 0.05) is 37.2 Å². The molecule has 0 aromatic carbocycles. The van der Waals surface area contributed by atoms with Crippen molar-refractivity contribution in [2.24, 2.45) is 0 Å². The number of carbonyl (C=O) groups is 1. The van der Waals surface area contributed by atoms with E-state index >= 15 is 0 Å². The lowest BCUT2D eigenvalue weighted by Crippen LogP contribution is -2.48. The van der Waals surface area contributed by atoms with Crippen LogP contribution < -0.4 is 5.32 Å². The molecule has 0 aliphatic carbocycles. The molecule has 21 heavy (non-hydrogen) atoms. The van der Waals surface area contributed by atoms with Crippen molar-refractivity contribution in [3.05, 3.63) is 17.5 Å². The van der Waals surface area contributed by atoms with Crippen LogP contribution in [0, 0.1) is 0 Å². The van der Waals surface area contributed by atoms with E-state index in [-0.39, 0.29) is 5.91 Å². The van der Waals surface area contributed by atoms with Crippen LogP contribution in [0.4, 0.5) is 0 Å². The lowest BCUT2D eigenvalue weighted by atomic mass is 9.98. The molecule has 0 radical (unpaired) electrons. The van der Waals surface area contributed by atoms with Gasteiger partial charge in [0.05, 0.1) is 5.69 Å². The summed E-state index contributed by atoms with van der Waals surface area (Å²) in [5.41, 5.74) is 0.875. The largest absolute Gasteiger partial charge is 0.351 e. The first kappa shape index (κ1) is 14.6. The van der Waals surface area contributed by atoms with Gasteiger partial charge in [-0.3, -0.25) is 4.79 Å². The maximum Gasteiger partial charge on any atom is 0.292 e. The molecule has 1 amide bonds. The molecule has 3 unspecified atom stereocenters. The second-order valence-electron chi connectivity index (χ2n) is 6.60. The molecule has 2 fully saturated rings. The summed E-state index contributed by atoms with van der Waals surface area (Å²) in [6, 6.07) is 3.28. The van der Waals surface area contributed by atoms with E-state index in [1.165, 1.54) is 12.8 Å². The summed E-state index contributed by atoms with van der Waals surface area (Å²) in [7, 11) is 1.89. The maximum absolute atomic E-state index is 12.6. The fraction of sp³-hybridized carbons (Fsp3) is 0.750. The summed E-state index contributed by atoms with van der Waals surface area (Å²) in [6.45, 7) is 4.21. The molecule has 5 heteroatoms. The Morgan fingerprint density at radius 1 is 1.48 bits per heavy atom. The zero-order valence-corrected chi connectivity index (χ0v) is 13.1. The first-order valence-electron chi connectivity index (χ1n) is 8.08. The van der Waals surface area contributed by atoms with Crippen LogP contribution in [0.25, 0.3) is 0 Å². The standard InChI is InChI=1S/C16H25N3O2/c1-4-10(2)14-9-15(21-18-14)16(20)19(3)13-7-11-5-6-12(8-13)17-11/h9-13,17H,4-8H2,1-3H3. The monoisotopic (exact) mass is 291 g/mol. The third-order valence-electron chi connectivity index (χ3n) is 5.17. The van der Waals surface area contributed by atoms with Crippen molar-refractivity contribution in [1.82, 2.24) is 15.4 Å². The van der Waals surface area contributed by atoms with E-state index in [9.17, 15) is 4.79 Å². The van der Waals surface area contributed by atoms with Crippen LogP contribution in [-0.4, -0.2) is 41.1 Å². The fourth-order valence-electron chi connectivity index (χ4n) is 3.51. The van der Waals surface area contributed by atoms with Gasteiger partial charge in [0.2, 0.25) is 5.76 Å². The Kier molecular flexibility index (Phi) is 4.02. The van der Waals surface area contributed by atoms with Crippen LogP contribution in [-0.2, 0) is 0 Å². The van der Waals surface area contributed by atoms with E-state index in [0.717, 1.165) is 25.0 Å². The number of nitrogens with zero attached hydrogens (tertiary/aromatic N) is 2. The summed E-state index contributed by atoms with van der Waals surface area (Å²) in [5, 5.41) is 7.65. The van der Waals surface area contributed by atoms with Crippen molar-refractivity contribution in [3.63, 3.8) is 0 Å². The summed E-state index contributed by atoms with van der Waals surface area (Å²) in [5.74, 6) is 0.664. The van der Waals surface area contributed by atoms with Crippen LogP contribution in [0.2, 0.25) is 0 Å². The van der Waals surface area contributed by atoms with Gasteiger partial charge in [-0.1, -0.05) is 19.0 Å². The second kappa shape index (κ2) is 5.79. The normalized spacial score (nSPS) is 29.4. The minimum Gasteiger partial charge on any atom is -0.351 e. The van der Waals surface area contributed by atoms with E-state index in [1.807, 2.05) is 18.0 Å². The molecule has 1 aromatic heterocycles. The Balaban J connectivity index is 1.68. The number of piperidine rings is 1. The molecule has 0 spiro atoms. The molecule has 2 aliphatic heterocycles. The van der Waals surface area contributed by atoms with Gasteiger partial charge in [-0.15, -0.1) is 0 Å². The fourth-order valence-corrected chi connectivity index (χ4v) is 3.51. The maximum atomic E-state index is 12.6. The van der Waals surface area contributed by atoms with Gasteiger partial charge in [-0.05, 0) is 32.1 Å². The Hall–Kier alpha value is -1.36. The average Bonchev–Trinajstić information content (AvgIpc) is 3.11. The van der Waals surface area contributed by atoms with E-state index < -0.39 is 0 Å². The Labute approximate surface area is 126 Å². The van der Waals surface area contributed by atoms with Crippen LogP contribution in [0.1, 0.15) is 68.1 Å². The second-order valence-corrected chi connectivity index (χ2v) is 6.60. The number of carbonyl (C=O) groups excluding carboxylic acids is 1. The van der Waals surface area contributed by atoms with Crippen molar-refractivity contribution in [3.8, 4) is 0 Å². The van der Waals surface area contributed by atoms with E-state index in [2.05, 4.69) is 24.3 Å². The van der Waals surface area contributed by atoms with E-state index in [0.29, 0.717) is 29.8 Å². The van der Waals surface area contributed by atoms with Crippen molar-refractivity contribution in [1.29, 1.82) is 0 Å². The number of hydrogen-bond donors (Lipinski definition) is 1. The first-order valence-corrected chi connectivity index (χ1v) is 8.08. The van der Waals surface area contributed by atoms with E-state index in [1.54, 1.807) is 0 Å². The molecule has 1 aromatic rings. The predicted molar refractivity (Wildman–Crippen MR) is 80.3 cm³/mol. The molecule has 3 heterocycles.